The van der Waals surface area contributed by atoms with Crippen LogP contribution in [0.15, 0.2) is 96.2 Å². The van der Waals surface area contributed by atoms with E-state index in [-0.39, 0.29) is 28.5 Å². The lowest BCUT2D eigenvalue weighted by molar-refractivity contribution is -0.385. The summed E-state index contributed by atoms with van der Waals surface area (Å²) >= 11 is 1.34. The van der Waals surface area contributed by atoms with E-state index in [2.05, 4.69) is 20.8 Å². The summed E-state index contributed by atoms with van der Waals surface area (Å²) < 4.78 is 18.2. The molecule has 0 atom stereocenters. The van der Waals surface area contributed by atoms with Crippen LogP contribution in [0.2, 0.25) is 0 Å². The van der Waals surface area contributed by atoms with E-state index < -0.39 is 10.8 Å². The number of ether oxygens (including phenoxy) is 3. The average molecular weight is 679 g/mol. The molecule has 6 aromatic rings. The van der Waals surface area contributed by atoms with E-state index in [9.17, 15) is 20.0 Å². The molecule has 5 aromatic carbocycles. The number of rotatable bonds is 12. The zero-order chi connectivity index (χ0) is 34.5. The van der Waals surface area contributed by atoms with Crippen LogP contribution in [0.4, 0.5) is 11.4 Å². The Balaban J connectivity index is 1.24. The van der Waals surface area contributed by atoms with Crippen molar-refractivity contribution < 1.29 is 29.0 Å². The van der Waals surface area contributed by atoms with Crippen LogP contribution in [0, 0.1) is 17.0 Å². The lowest BCUT2D eigenvalue weighted by Crippen LogP contribution is -2.13. The highest BCUT2D eigenvalue weighted by molar-refractivity contribution is 7.98. The fourth-order valence-electron chi connectivity index (χ4n) is 5.13. The number of hydrogen-bond acceptors (Lipinski definition) is 11. The van der Waals surface area contributed by atoms with Crippen molar-refractivity contribution in [1.29, 1.82) is 0 Å². The number of nitro benzene ring substituents is 1. The van der Waals surface area contributed by atoms with Crippen LogP contribution in [-0.2, 0) is 12.3 Å². The largest absolute Gasteiger partial charge is 0.506 e. The van der Waals surface area contributed by atoms with E-state index in [0.29, 0.717) is 45.2 Å². The molecule has 0 aliphatic rings. The van der Waals surface area contributed by atoms with Crippen molar-refractivity contribution >= 4 is 39.8 Å². The maximum absolute atomic E-state index is 13.4. The third-order valence-electron chi connectivity index (χ3n) is 7.70. The summed E-state index contributed by atoms with van der Waals surface area (Å²) in [4.78, 5) is 25.1. The monoisotopic (exact) mass is 678 g/mol. The quantitative estimate of drug-likeness (QED) is 0.0767. The smallest absolute Gasteiger partial charge is 0.311 e. The maximum atomic E-state index is 13.4. The third-order valence-corrected chi connectivity index (χ3v) is 8.73. The number of fused-ring (bicyclic) bond motifs is 1. The number of thioether (sulfide) groups is 1. The highest BCUT2D eigenvalue weighted by atomic mass is 32.2. The number of carbonyl (C=O) groups is 1. The third kappa shape index (κ3) is 7.23. The van der Waals surface area contributed by atoms with Gasteiger partial charge in [-0.25, -0.2) is 4.68 Å². The van der Waals surface area contributed by atoms with Crippen molar-refractivity contribution in [3.63, 3.8) is 0 Å². The van der Waals surface area contributed by atoms with Gasteiger partial charge in [0.2, 0.25) is 10.9 Å². The molecule has 14 heteroatoms. The number of phenols is 1. The number of hydrogen-bond donors (Lipinski definition) is 2. The average Bonchev–Trinajstić information content (AvgIpc) is 3.56. The molecule has 1 amide bonds. The first-order valence-electron chi connectivity index (χ1n) is 14.9. The van der Waals surface area contributed by atoms with Crippen molar-refractivity contribution in [2.45, 2.75) is 24.4 Å². The minimum absolute atomic E-state index is 0.0312. The van der Waals surface area contributed by atoms with Gasteiger partial charge in [-0.1, -0.05) is 54.2 Å². The normalized spacial score (nSPS) is 10.9. The number of anilines is 1. The number of methoxy groups -OCH3 is 2. The first kappa shape index (κ1) is 32.8. The number of nitro groups is 1. The number of aromatic nitrogens is 4. The van der Waals surface area contributed by atoms with Crippen LogP contribution in [0.1, 0.15) is 27.0 Å². The molecule has 0 unspecified atom stereocenters. The van der Waals surface area contributed by atoms with Crippen LogP contribution in [-0.4, -0.2) is 50.4 Å². The molecule has 0 aliphatic carbocycles. The summed E-state index contributed by atoms with van der Waals surface area (Å²) in [5.74, 6) is 1.02. The molecule has 13 nitrogen and oxygen atoms in total. The number of tetrazole rings is 1. The minimum atomic E-state index is -0.586. The summed E-state index contributed by atoms with van der Waals surface area (Å²) in [5, 5.41) is 39.5. The SMILES string of the molecule is COc1ccc(Cn2nnnc2SCc2ccc(Oc3cc(C(=O)Nc4ccc(OC)cc4C)c(O)c4ccccc34)c([N+](=O)[O-])c2)cc1. The Hall–Kier alpha value is -6.15. The zero-order valence-electron chi connectivity index (χ0n) is 26.6. The number of carbonyl (C=O) groups excluding carboxylic acids is 1. The number of nitrogens with one attached hydrogen (secondary N) is 1. The first-order valence-corrected chi connectivity index (χ1v) is 15.9. The van der Waals surface area contributed by atoms with E-state index in [1.54, 1.807) is 67.4 Å². The van der Waals surface area contributed by atoms with Crippen LogP contribution < -0.4 is 19.5 Å². The summed E-state index contributed by atoms with van der Waals surface area (Å²) in [5.41, 5.74) is 2.57. The summed E-state index contributed by atoms with van der Waals surface area (Å²) in [7, 11) is 3.16. The van der Waals surface area contributed by atoms with Gasteiger partial charge < -0.3 is 24.6 Å². The molecule has 6 rings (SSSR count). The highest BCUT2D eigenvalue weighted by Crippen LogP contribution is 2.41. The lowest BCUT2D eigenvalue weighted by Gasteiger charge is -2.15. The Kier molecular flexibility index (Phi) is 9.57. The fraction of sp³-hybridized carbons (Fsp3) is 0.143. The number of aryl methyl sites for hydroxylation is 1. The molecule has 0 saturated heterocycles. The van der Waals surface area contributed by atoms with Crippen LogP contribution in [0.25, 0.3) is 10.8 Å². The fourth-order valence-corrected chi connectivity index (χ4v) is 5.95. The van der Waals surface area contributed by atoms with Gasteiger partial charge >= 0.3 is 5.69 Å². The maximum Gasteiger partial charge on any atom is 0.311 e. The molecular weight excluding hydrogens is 648 g/mol. The lowest BCUT2D eigenvalue weighted by atomic mass is 10.0. The molecule has 0 fully saturated rings. The molecule has 1 heterocycles. The number of aromatic hydroxyl groups is 1. The molecule has 49 heavy (non-hydrogen) atoms. The predicted octanol–water partition coefficient (Wildman–Crippen LogP) is 7.15. The molecule has 0 radical (unpaired) electrons. The molecular formula is C35H30N6O7S. The van der Waals surface area contributed by atoms with E-state index >= 15 is 0 Å². The van der Waals surface area contributed by atoms with Gasteiger partial charge in [0.05, 0.1) is 31.3 Å². The standard InChI is InChI=1S/C35H30N6O7S/c1-21-16-25(47-3)13-14-29(21)36-34(43)28-18-32(26-6-4-5-7-27(26)33(28)42)48-31-15-10-23(17-30(31)41(44)45)20-49-35-37-38-39-40(35)19-22-8-11-24(46-2)12-9-22/h4-18,42H,19-20H2,1-3H3,(H,36,43). The Morgan fingerprint density at radius 2 is 1.63 bits per heavy atom. The van der Waals surface area contributed by atoms with E-state index in [0.717, 1.165) is 16.9 Å². The van der Waals surface area contributed by atoms with Gasteiger partial charge in [0.1, 0.15) is 23.0 Å². The second-order valence-corrected chi connectivity index (χ2v) is 11.8. The van der Waals surface area contributed by atoms with Gasteiger partial charge in [-0.3, -0.25) is 14.9 Å². The van der Waals surface area contributed by atoms with Gasteiger partial charge in [0, 0.05) is 28.3 Å². The van der Waals surface area contributed by atoms with Crippen molar-refractivity contribution in [1.82, 2.24) is 20.2 Å². The van der Waals surface area contributed by atoms with Gasteiger partial charge in [-0.05, 0) is 76.5 Å². The topological polar surface area (TPSA) is 164 Å². The Bertz CT molecular complexity index is 2170. The van der Waals surface area contributed by atoms with Crippen LogP contribution in [0.5, 0.6) is 28.7 Å². The van der Waals surface area contributed by atoms with Crippen molar-refractivity contribution in [2.24, 2.45) is 0 Å². The summed E-state index contributed by atoms with van der Waals surface area (Å²) in [6, 6.07) is 25.6. The van der Waals surface area contributed by atoms with Crippen LogP contribution >= 0.6 is 11.8 Å². The molecule has 1 aromatic heterocycles. The highest BCUT2D eigenvalue weighted by Gasteiger charge is 2.23. The second kappa shape index (κ2) is 14.3. The number of nitrogens with zero attached hydrogens (tertiary/aromatic N) is 5. The zero-order valence-corrected chi connectivity index (χ0v) is 27.4. The van der Waals surface area contributed by atoms with E-state index in [1.807, 2.05) is 31.2 Å². The van der Waals surface area contributed by atoms with Crippen LogP contribution in [0.3, 0.4) is 0 Å². The number of phenolic OH excluding ortho intramolecular Hbond substituents is 1. The van der Waals surface area contributed by atoms with E-state index in [1.165, 1.54) is 30.0 Å². The second-order valence-electron chi connectivity index (χ2n) is 10.9. The Morgan fingerprint density at radius 3 is 2.35 bits per heavy atom. The predicted molar refractivity (Wildman–Crippen MR) is 184 cm³/mol. The molecule has 0 bridgehead atoms. The Labute approximate surface area is 284 Å². The van der Waals surface area contributed by atoms with Gasteiger partial charge in [-0.2, -0.15) is 0 Å². The number of benzene rings is 5. The first-order chi connectivity index (χ1) is 23.7. The van der Waals surface area contributed by atoms with Gasteiger partial charge in [0.15, 0.2) is 0 Å². The summed E-state index contributed by atoms with van der Waals surface area (Å²) in [6.07, 6.45) is 0. The van der Waals surface area contributed by atoms with Gasteiger partial charge in [0.25, 0.3) is 5.91 Å². The molecule has 2 N–H and O–H groups in total. The molecule has 0 saturated carbocycles. The number of amides is 1. The molecule has 248 valence electrons. The minimum Gasteiger partial charge on any atom is -0.506 e. The van der Waals surface area contributed by atoms with Crippen molar-refractivity contribution in [2.75, 3.05) is 19.5 Å². The molecule has 0 spiro atoms. The van der Waals surface area contributed by atoms with Crippen molar-refractivity contribution in [3.8, 4) is 28.7 Å². The molecule has 0 aliphatic heterocycles. The van der Waals surface area contributed by atoms with Crippen molar-refractivity contribution in [3.05, 3.63) is 123 Å². The Morgan fingerprint density at radius 1 is 0.918 bits per heavy atom. The summed E-state index contributed by atoms with van der Waals surface area (Å²) in [6.45, 7) is 2.26. The van der Waals surface area contributed by atoms with Gasteiger partial charge in [-0.15, -0.1) is 5.10 Å². The van der Waals surface area contributed by atoms with E-state index in [4.69, 9.17) is 14.2 Å².